The second kappa shape index (κ2) is 5.09. The van der Waals surface area contributed by atoms with Gasteiger partial charge in [0.25, 0.3) is 0 Å². The van der Waals surface area contributed by atoms with Crippen LogP contribution in [0.2, 0.25) is 0 Å². The van der Waals surface area contributed by atoms with Crippen molar-refractivity contribution in [3.05, 3.63) is 33.6 Å². The maximum absolute atomic E-state index is 13.2. The van der Waals surface area contributed by atoms with Crippen LogP contribution in [0.4, 0.5) is 10.1 Å². The van der Waals surface area contributed by atoms with Crippen LogP contribution < -0.4 is 5.73 Å². The molecule has 0 unspecified atom stereocenters. The summed E-state index contributed by atoms with van der Waals surface area (Å²) in [6, 6.07) is 1.10. The lowest BCUT2D eigenvalue weighted by Crippen LogP contribution is -2.14. The van der Waals surface area contributed by atoms with Crippen molar-refractivity contribution in [3.8, 4) is 5.75 Å². The third-order valence-corrected chi connectivity index (χ3v) is 2.41. The maximum atomic E-state index is 13.2. The summed E-state index contributed by atoms with van der Waals surface area (Å²) in [6.45, 7) is 3.84. The van der Waals surface area contributed by atoms with Crippen LogP contribution in [0.1, 0.15) is 31.9 Å². The number of hydrogen-bond donors (Lipinski definition) is 2. The Morgan fingerprint density at radius 1 is 1.53 bits per heavy atom. The normalized spacial score (nSPS) is 12.8. The summed E-state index contributed by atoms with van der Waals surface area (Å²) >= 11 is 0. The number of halogens is 1. The highest BCUT2D eigenvalue weighted by atomic mass is 19.1. The molecule has 0 aliphatic rings. The molecule has 5 nitrogen and oxygen atoms in total. The van der Waals surface area contributed by atoms with Gasteiger partial charge < -0.3 is 10.8 Å². The van der Waals surface area contributed by atoms with Gasteiger partial charge in [-0.15, -0.1) is 0 Å². The van der Waals surface area contributed by atoms with Gasteiger partial charge in [0.2, 0.25) is 0 Å². The minimum atomic E-state index is -0.829. The van der Waals surface area contributed by atoms with Gasteiger partial charge in [-0.25, -0.2) is 4.39 Å². The molecule has 1 atom stereocenters. The minimum absolute atomic E-state index is 0.0744. The van der Waals surface area contributed by atoms with Crippen molar-refractivity contribution in [2.75, 3.05) is 0 Å². The first kappa shape index (κ1) is 13.4. The van der Waals surface area contributed by atoms with Gasteiger partial charge >= 0.3 is 5.69 Å². The average Bonchev–Trinajstić information content (AvgIpc) is 2.19. The molecule has 0 saturated heterocycles. The van der Waals surface area contributed by atoms with Gasteiger partial charge in [-0.3, -0.25) is 10.1 Å². The zero-order valence-electron chi connectivity index (χ0n) is 9.68. The second-order valence-electron chi connectivity index (χ2n) is 4.36. The summed E-state index contributed by atoms with van der Waals surface area (Å²) in [7, 11) is 0. The third-order valence-electron chi connectivity index (χ3n) is 2.41. The summed E-state index contributed by atoms with van der Waals surface area (Å²) in [5.41, 5.74) is 5.21. The van der Waals surface area contributed by atoms with E-state index in [9.17, 15) is 19.6 Å². The summed E-state index contributed by atoms with van der Waals surface area (Å²) in [5, 5.41) is 20.3. The van der Waals surface area contributed by atoms with Gasteiger partial charge in [-0.1, -0.05) is 13.8 Å². The van der Waals surface area contributed by atoms with Crippen molar-refractivity contribution >= 4 is 5.69 Å². The van der Waals surface area contributed by atoms with Crippen LogP contribution in [0.15, 0.2) is 12.1 Å². The topological polar surface area (TPSA) is 89.4 Å². The molecular weight excluding hydrogens is 227 g/mol. The van der Waals surface area contributed by atoms with Crippen LogP contribution in [-0.2, 0) is 0 Å². The van der Waals surface area contributed by atoms with Gasteiger partial charge in [0, 0.05) is 11.6 Å². The number of rotatable bonds is 4. The molecule has 0 aliphatic heterocycles. The average molecular weight is 242 g/mol. The molecule has 0 spiro atoms. The van der Waals surface area contributed by atoms with E-state index in [4.69, 9.17) is 5.73 Å². The zero-order valence-corrected chi connectivity index (χ0v) is 9.68. The van der Waals surface area contributed by atoms with Crippen molar-refractivity contribution in [1.82, 2.24) is 0 Å². The van der Waals surface area contributed by atoms with Crippen LogP contribution >= 0.6 is 0 Å². The van der Waals surface area contributed by atoms with Gasteiger partial charge in [-0.05, 0) is 18.4 Å². The molecule has 1 aromatic carbocycles. The van der Waals surface area contributed by atoms with E-state index in [-0.39, 0.29) is 11.5 Å². The Morgan fingerprint density at radius 2 is 2.12 bits per heavy atom. The summed E-state index contributed by atoms with van der Waals surface area (Å²) in [4.78, 5) is 9.78. The first-order valence-corrected chi connectivity index (χ1v) is 5.25. The lowest BCUT2D eigenvalue weighted by atomic mass is 9.96. The van der Waals surface area contributed by atoms with E-state index in [2.05, 4.69) is 0 Å². The highest BCUT2D eigenvalue weighted by Gasteiger charge is 2.23. The third kappa shape index (κ3) is 3.13. The fourth-order valence-electron chi connectivity index (χ4n) is 1.66. The van der Waals surface area contributed by atoms with E-state index >= 15 is 0 Å². The number of nitro groups is 1. The monoisotopic (exact) mass is 242 g/mol. The molecule has 3 N–H and O–H groups in total. The van der Waals surface area contributed by atoms with Crippen molar-refractivity contribution in [2.45, 2.75) is 26.3 Å². The molecule has 1 rings (SSSR count). The zero-order chi connectivity index (χ0) is 13.2. The SMILES string of the molecule is CC(C)C[C@H](N)c1cc(F)cc([N+](=O)[O-])c1O. The van der Waals surface area contributed by atoms with Crippen LogP contribution in [0.25, 0.3) is 0 Å². The quantitative estimate of drug-likeness (QED) is 0.627. The molecule has 0 saturated carbocycles. The van der Waals surface area contributed by atoms with Crippen molar-refractivity contribution in [3.63, 3.8) is 0 Å². The molecule has 1 aromatic rings. The van der Waals surface area contributed by atoms with Crippen LogP contribution in [0.3, 0.4) is 0 Å². The highest BCUT2D eigenvalue weighted by Crippen LogP contribution is 2.35. The number of nitro benzene ring substituents is 1. The smallest absolute Gasteiger partial charge is 0.313 e. The number of nitrogens with zero attached hydrogens (tertiary/aromatic N) is 1. The van der Waals surface area contributed by atoms with Gasteiger partial charge in [0.1, 0.15) is 5.82 Å². The summed E-state index contributed by atoms with van der Waals surface area (Å²) < 4.78 is 13.2. The van der Waals surface area contributed by atoms with E-state index in [0.717, 1.165) is 6.07 Å². The van der Waals surface area contributed by atoms with E-state index < -0.39 is 28.2 Å². The summed E-state index contributed by atoms with van der Waals surface area (Å²) in [5.74, 6) is -1.08. The molecule has 6 heteroatoms. The number of hydrogen-bond acceptors (Lipinski definition) is 4. The predicted molar refractivity (Wildman–Crippen MR) is 61.1 cm³/mol. The van der Waals surface area contributed by atoms with Gasteiger partial charge in [0.15, 0.2) is 5.75 Å². The van der Waals surface area contributed by atoms with Crippen molar-refractivity contribution in [1.29, 1.82) is 0 Å². The number of nitrogens with two attached hydrogens (primary N) is 1. The molecule has 0 radical (unpaired) electrons. The summed E-state index contributed by atoms with van der Waals surface area (Å²) in [6.07, 6.45) is 0.508. The predicted octanol–water partition coefficient (Wildman–Crippen LogP) is 2.49. The molecule has 0 aromatic heterocycles. The molecule has 0 amide bonds. The highest BCUT2D eigenvalue weighted by molar-refractivity contribution is 5.52. The fourth-order valence-corrected chi connectivity index (χ4v) is 1.66. The number of aromatic hydroxyl groups is 1. The molecule has 17 heavy (non-hydrogen) atoms. The molecular formula is C11H15FN2O3. The Hall–Kier alpha value is -1.69. The van der Waals surface area contributed by atoms with Crippen molar-refractivity contribution < 1.29 is 14.4 Å². The maximum Gasteiger partial charge on any atom is 0.313 e. The Labute approximate surface area is 98.2 Å². The second-order valence-corrected chi connectivity index (χ2v) is 4.36. The largest absolute Gasteiger partial charge is 0.502 e. The fraction of sp³-hybridized carbons (Fsp3) is 0.455. The number of phenolic OH excluding ortho intramolecular Hbond substituents is 1. The Kier molecular flexibility index (Phi) is 4.01. The molecule has 94 valence electrons. The van der Waals surface area contributed by atoms with Crippen LogP contribution in [-0.4, -0.2) is 10.0 Å². The number of benzene rings is 1. The lowest BCUT2D eigenvalue weighted by Gasteiger charge is -2.15. The molecule has 0 bridgehead atoms. The van der Waals surface area contributed by atoms with E-state index in [1.165, 1.54) is 0 Å². The molecule has 0 aliphatic carbocycles. The van der Waals surface area contributed by atoms with E-state index in [0.29, 0.717) is 12.5 Å². The van der Waals surface area contributed by atoms with Crippen LogP contribution in [0.5, 0.6) is 5.75 Å². The Balaban J connectivity index is 3.19. The van der Waals surface area contributed by atoms with E-state index in [1.54, 1.807) is 0 Å². The Morgan fingerprint density at radius 3 is 2.59 bits per heavy atom. The number of phenols is 1. The van der Waals surface area contributed by atoms with Gasteiger partial charge in [-0.2, -0.15) is 0 Å². The first-order valence-electron chi connectivity index (χ1n) is 5.25. The van der Waals surface area contributed by atoms with Gasteiger partial charge in [0.05, 0.1) is 11.0 Å². The standard InChI is InChI=1S/C11H15FN2O3/c1-6(2)3-9(13)8-4-7(12)5-10(11(8)15)14(16)17/h4-6,9,15H,3,13H2,1-2H3/t9-/m0/s1. The van der Waals surface area contributed by atoms with Crippen molar-refractivity contribution in [2.24, 2.45) is 11.7 Å². The first-order chi connectivity index (χ1) is 7.82. The molecule has 0 heterocycles. The van der Waals surface area contributed by atoms with Crippen LogP contribution in [0, 0.1) is 21.8 Å². The molecule has 0 fully saturated rings. The lowest BCUT2D eigenvalue weighted by molar-refractivity contribution is -0.386. The van der Waals surface area contributed by atoms with E-state index in [1.807, 2.05) is 13.8 Å². The minimum Gasteiger partial charge on any atom is -0.502 e. The Bertz CT molecular complexity index is 435.